The number of carboxylic acid groups (broad SMARTS) is 1. The molecule has 2 aromatic rings. The van der Waals surface area contributed by atoms with Gasteiger partial charge in [-0.1, -0.05) is 49.6 Å². The average Bonchev–Trinajstić information content (AvgIpc) is 3.82. The molecule has 3 unspecified atom stereocenters. The molecule has 46 heavy (non-hydrogen) atoms. The molecular formula is C36H48N4O6. The molecule has 0 bridgehead atoms. The monoisotopic (exact) mass is 632 g/mol. The molecule has 1 amide bonds. The Balaban J connectivity index is 1.07. The number of carbonyl (C=O) groups excluding carboxylic acids is 1. The summed E-state index contributed by atoms with van der Waals surface area (Å²) in [6.07, 6.45) is 9.62. The van der Waals surface area contributed by atoms with Crippen LogP contribution in [0, 0.1) is 27.9 Å². The minimum absolute atomic E-state index is 0.00729. The number of non-ortho nitro benzene ring substituents is 1. The number of piperidine rings is 1. The molecule has 2 saturated carbocycles. The summed E-state index contributed by atoms with van der Waals surface area (Å²) in [4.78, 5) is 43.4. The summed E-state index contributed by atoms with van der Waals surface area (Å²) >= 11 is 0. The Hall–Kier alpha value is -3.50. The van der Waals surface area contributed by atoms with Crippen LogP contribution in [0.25, 0.3) is 0 Å². The van der Waals surface area contributed by atoms with Gasteiger partial charge in [0.2, 0.25) is 0 Å². The summed E-state index contributed by atoms with van der Waals surface area (Å²) in [5.41, 5.74) is 1.29. The van der Waals surface area contributed by atoms with Crippen LogP contribution in [0.2, 0.25) is 0 Å². The number of nitro groups is 1. The molecule has 6 rings (SSSR count). The summed E-state index contributed by atoms with van der Waals surface area (Å²) in [6.45, 7) is 5.03. The predicted molar refractivity (Wildman–Crippen MR) is 175 cm³/mol. The molecule has 0 radical (unpaired) electrons. The number of aliphatic carboxylic acids is 1. The van der Waals surface area contributed by atoms with Crippen molar-refractivity contribution in [1.82, 2.24) is 14.7 Å². The van der Waals surface area contributed by atoms with E-state index in [1.807, 2.05) is 11.0 Å². The summed E-state index contributed by atoms with van der Waals surface area (Å²) in [5, 5.41) is 21.3. The molecule has 2 heterocycles. The highest BCUT2D eigenvalue weighted by molar-refractivity contribution is 5.78. The van der Waals surface area contributed by atoms with Gasteiger partial charge in [-0.25, -0.2) is 0 Å². The van der Waals surface area contributed by atoms with Gasteiger partial charge < -0.3 is 19.6 Å². The highest BCUT2D eigenvalue weighted by Crippen LogP contribution is 2.39. The Morgan fingerprint density at radius 1 is 0.935 bits per heavy atom. The van der Waals surface area contributed by atoms with Crippen molar-refractivity contribution >= 4 is 17.6 Å². The van der Waals surface area contributed by atoms with Crippen LogP contribution in [0.5, 0.6) is 5.75 Å². The average molecular weight is 633 g/mol. The second kappa shape index (κ2) is 14.9. The number of carbonyl (C=O) groups is 2. The van der Waals surface area contributed by atoms with Gasteiger partial charge in [-0.05, 0) is 74.0 Å². The lowest BCUT2D eigenvalue weighted by atomic mass is 9.83. The quantitative estimate of drug-likeness (QED) is 0.230. The van der Waals surface area contributed by atoms with Gasteiger partial charge in [0, 0.05) is 63.4 Å². The van der Waals surface area contributed by atoms with E-state index in [9.17, 15) is 24.8 Å². The van der Waals surface area contributed by atoms with Gasteiger partial charge in [0.15, 0.2) is 6.61 Å². The van der Waals surface area contributed by atoms with Crippen molar-refractivity contribution in [3.63, 3.8) is 0 Å². The molecule has 4 fully saturated rings. The summed E-state index contributed by atoms with van der Waals surface area (Å²) in [7, 11) is 0. The molecule has 0 spiro atoms. The SMILES string of the molecule is O=C(O)C(C1CCCCC1)N1CC(CN2CCC(N(CC3CC3)C(=O)COc3ccc([N+](=O)[O-])cc3)CC2)C(c2ccccc2)C1. The molecule has 1 N–H and O–H groups in total. The molecular weight excluding hydrogens is 584 g/mol. The Morgan fingerprint density at radius 2 is 1.63 bits per heavy atom. The number of nitrogens with zero attached hydrogens (tertiary/aromatic N) is 4. The van der Waals surface area contributed by atoms with Gasteiger partial charge in [0.25, 0.3) is 11.6 Å². The molecule has 2 aromatic carbocycles. The number of rotatable bonds is 13. The van der Waals surface area contributed by atoms with Crippen molar-refractivity contribution in [2.24, 2.45) is 17.8 Å². The minimum Gasteiger partial charge on any atom is -0.484 e. The van der Waals surface area contributed by atoms with Crippen molar-refractivity contribution in [3.05, 3.63) is 70.3 Å². The maximum atomic E-state index is 13.4. The lowest BCUT2D eigenvalue weighted by molar-refractivity contribution is -0.384. The van der Waals surface area contributed by atoms with E-state index in [4.69, 9.17) is 4.74 Å². The normalized spacial score (nSPS) is 24.0. The molecule has 2 aliphatic heterocycles. The molecule has 0 aromatic heterocycles. The third-order valence-corrected chi connectivity index (χ3v) is 10.8. The number of amides is 1. The molecule has 2 aliphatic carbocycles. The van der Waals surface area contributed by atoms with Gasteiger partial charge >= 0.3 is 5.97 Å². The maximum absolute atomic E-state index is 13.4. The van der Waals surface area contributed by atoms with E-state index < -0.39 is 16.9 Å². The fourth-order valence-electron chi connectivity index (χ4n) is 8.17. The third kappa shape index (κ3) is 8.07. The van der Waals surface area contributed by atoms with Crippen molar-refractivity contribution in [1.29, 1.82) is 0 Å². The first kappa shape index (κ1) is 32.4. The van der Waals surface area contributed by atoms with Gasteiger partial charge in [0.1, 0.15) is 11.8 Å². The maximum Gasteiger partial charge on any atom is 0.321 e. The van der Waals surface area contributed by atoms with E-state index in [1.54, 1.807) is 0 Å². The van der Waals surface area contributed by atoms with Crippen LogP contribution in [-0.4, -0.2) is 94.6 Å². The first-order valence-electron chi connectivity index (χ1n) is 17.3. The Bertz CT molecular complexity index is 1320. The van der Waals surface area contributed by atoms with Crippen LogP contribution < -0.4 is 4.74 Å². The lowest BCUT2D eigenvalue weighted by Crippen LogP contribution is -2.50. The Kier molecular flexibility index (Phi) is 10.5. The van der Waals surface area contributed by atoms with E-state index in [-0.39, 0.29) is 30.2 Å². The standard InChI is InChI=1S/C36H48N4O6/c41-34(25-46-32-15-13-31(14-16-32)40(44)45)39(21-26-11-12-26)30-17-19-37(20-18-30)22-29-23-38(24-33(29)27-7-3-1-4-8-27)35(36(42)43)28-9-5-2-6-10-28/h1,3-4,7-8,13-16,26,28-30,33,35H,2,5-6,9-12,17-25H2,(H,42,43). The van der Waals surface area contributed by atoms with Crippen molar-refractivity contribution in [2.75, 3.05) is 45.9 Å². The number of nitro benzene ring substituents is 1. The van der Waals surface area contributed by atoms with Crippen LogP contribution in [-0.2, 0) is 9.59 Å². The van der Waals surface area contributed by atoms with Crippen LogP contribution in [0.3, 0.4) is 0 Å². The lowest BCUT2D eigenvalue weighted by Gasteiger charge is -2.40. The number of carboxylic acids is 1. The van der Waals surface area contributed by atoms with E-state index in [0.29, 0.717) is 23.5 Å². The Labute approximate surface area is 271 Å². The van der Waals surface area contributed by atoms with Crippen molar-refractivity contribution in [3.8, 4) is 5.75 Å². The van der Waals surface area contributed by atoms with Gasteiger partial charge in [-0.2, -0.15) is 0 Å². The van der Waals surface area contributed by atoms with E-state index in [2.05, 4.69) is 34.1 Å². The molecule has 2 saturated heterocycles. The second-order valence-electron chi connectivity index (χ2n) is 14.0. The fourth-order valence-corrected chi connectivity index (χ4v) is 8.17. The third-order valence-electron chi connectivity index (χ3n) is 10.8. The number of likely N-dealkylation sites (tertiary alicyclic amines) is 2. The van der Waals surface area contributed by atoms with Gasteiger partial charge in [-0.3, -0.25) is 24.6 Å². The van der Waals surface area contributed by atoms with Crippen LogP contribution >= 0.6 is 0 Å². The van der Waals surface area contributed by atoms with Crippen LogP contribution in [0.15, 0.2) is 54.6 Å². The molecule has 248 valence electrons. The van der Waals surface area contributed by atoms with Crippen molar-refractivity contribution < 1.29 is 24.4 Å². The summed E-state index contributed by atoms with van der Waals surface area (Å²) in [6, 6.07) is 16.2. The number of benzene rings is 2. The second-order valence-corrected chi connectivity index (χ2v) is 14.0. The molecule has 10 nitrogen and oxygen atoms in total. The van der Waals surface area contributed by atoms with Crippen LogP contribution in [0.4, 0.5) is 5.69 Å². The highest BCUT2D eigenvalue weighted by Gasteiger charge is 2.43. The van der Waals surface area contributed by atoms with E-state index in [0.717, 1.165) is 90.6 Å². The highest BCUT2D eigenvalue weighted by atomic mass is 16.6. The first-order chi connectivity index (χ1) is 22.4. The van der Waals surface area contributed by atoms with E-state index in [1.165, 1.54) is 36.2 Å². The number of ether oxygens (including phenoxy) is 1. The smallest absolute Gasteiger partial charge is 0.321 e. The molecule has 3 atom stereocenters. The summed E-state index contributed by atoms with van der Waals surface area (Å²) < 4.78 is 5.76. The zero-order valence-electron chi connectivity index (χ0n) is 26.8. The first-order valence-corrected chi connectivity index (χ1v) is 17.3. The molecule has 4 aliphatic rings. The van der Waals surface area contributed by atoms with Crippen molar-refractivity contribution in [2.45, 2.75) is 75.8 Å². The predicted octanol–water partition coefficient (Wildman–Crippen LogP) is 5.43. The Morgan fingerprint density at radius 3 is 2.26 bits per heavy atom. The largest absolute Gasteiger partial charge is 0.484 e. The number of hydrogen-bond donors (Lipinski definition) is 1. The molecule has 10 heteroatoms. The van der Waals surface area contributed by atoms with E-state index >= 15 is 0 Å². The topological polar surface area (TPSA) is 116 Å². The minimum atomic E-state index is -0.668. The number of hydrogen-bond acceptors (Lipinski definition) is 7. The van der Waals surface area contributed by atoms with Crippen LogP contribution in [0.1, 0.15) is 69.3 Å². The fraction of sp³-hybridized carbons (Fsp3) is 0.611. The summed E-state index contributed by atoms with van der Waals surface area (Å²) in [5.74, 6) is 1.20. The zero-order valence-corrected chi connectivity index (χ0v) is 26.8. The van der Waals surface area contributed by atoms with Gasteiger partial charge in [-0.15, -0.1) is 0 Å². The zero-order chi connectivity index (χ0) is 32.0. The van der Waals surface area contributed by atoms with Gasteiger partial charge in [0.05, 0.1) is 4.92 Å².